The molecule has 0 bridgehead atoms. The third-order valence-electron chi connectivity index (χ3n) is 1.03. The minimum absolute atomic E-state index is 0.248. The van der Waals surface area contributed by atoms with E-state index in [2.05, 4.69) is 19.5 Å². The van der Waals surface area contributed by atoms with Crippen LogP contribution in [0.3, 0.4) is 0 Å². The molecule has 54 valence electrons. The summed E-state index contributed by atoms with van der Waals surface area (Å²) in [4.78, 5) is 0. The summed E-state index contributed by atoms with van der Waals surface area (Å²) >= 11 is 5.00. The Hall–Kier alpha value is 0.160. The van der Waals surface area contributed by atoms with E-state index >= 15 is 0 Å². The molecule has 1 nitrogen and oxygen atoms in total. The van der Waals surface area contributed by atoms with Crippen LogP contribution in [0, 0.1) is 5.82 Å². The lowest BCUT2D eigenvalue weighted by Gasteiger charge is -1.97. The number of hydrogen-bond donors (Lipinski definition) is 1. The second-order valence-corrected chi connectivity index (χ2v) is 3.12. The van der Waals surface area contributed by atoms with E-state index in [-0.39, 0.29) is 5.82 Å². The summed E-state index contributed by atoms with van der Waals surface area (Å²) in [6.07, 6.45) is 0. The number of anilines is 1. The van der Waals surface area contributed by atoms with Crippen LogP contribution in [-0.2, 0) is 0 Å². The van der Waals surface area contributed by atoms with Gasteiger partial charge < -0.3 is 3.53 Å². The highest BCUT2D eigenvalue weighted by molar-refractivity contribution is 14.1. The van der Waals surface area contributed by atoms with Gasteiger partial charge in [-0.05, 0) is 34.1 Å². The van der Waals surface area contributed by atoms with E-state index in [1.807, 2.05) is 22.9 Å². The number of rotatable bonds is 1. The summed E-state index contributed by atoms with van der Waals surface area (Å²) in [6.45, 7) is 0. The summed E-state index contributed by atoms with van der Waals surface area (Å²) in [5, 5.41) is 0. The molecule has 0 aliphatic rings. The molecule has 1 aromatic carbocycles. The van der Waals surface area contributed by atoms with Crippen LogP contribution < -0.4 is 3.53 Å². The van der Waals surface area contributed by atoms with E-state index in [4.69, 9.17) is 0 Å². The Morgan fingerprint density at radius 3 is 2.70 bits per heavy atom. The van der Waals surface area contributed by atoms with E-state index in [0.29, 0.717) is 4.47 Å². The number of halogens is 3. The van der Waals surface area contributed by atoms with Crippen LogP contribution in [0.2, 0.25) is 0 Å². The summed E-state index contributed by atoms with van der Waals surface area (Å²) in [7, 11) is 0. The third-order valence-corrected chi connectivity index (χ3v) is 2.29. The molecule has 0 heterocycles. The molecule has 0 amide bonds. The fourth-order valence-corrected chi connectivity index (χ4v) is 1.14. The van der Waals surface area contributed by atoms with Gasteiger partial charge in [0.15, 0.2) is 0 Å². The first-order valence-corrected chi connectivity index (χ1v) is 4.43. The van der Waals surface area contributed by atoms with Crippen LogP contribution in [0.5, 0.6) is 0 Å². The molecule has 0 unspecified atom stereocenters. The Kier molecular flexibility index (Phi) is 2.91. The Morgan fingerprint density at radius 1 is 1.50 bits per heavy atom. The number of nitrogens with one attached hydrogen (secondary N) is 1. The SMILES string of the molecule is Fc1cc(NI)ccc1Br. The van der Waals surface area contributed by atoms with Gasteiger partial charge in [-0.25, -0.2) is 4.39 Å². The monoisotopic (exact) mass is 315 g/mol. The summed E-state index contributed by atoms with van der Waals surface area (Å²) in [6, 6.07) is 4.88. The fraction of sp³-hybridized carbons (Fsp3) is 0. The van der Waals surface area contributed by atoms with E-state index in [9.17, 15) is 4.39 Å². The predicted molar refractivity (Wildman–Crippen MR) is 51.7 cm³/mol. The zero-order valence-electron chi connectivity index (χ0n) is 4.87. The minimum Gasteiger partial charge on any atom is -0.328 e. The summed E-state index contributed by atoms with van der Waals surface area (Å²) < 4.78 is 16.0. The lowest BCUT2D eigenvalue weighted by atomic mass is 10.3. The maximum atomic E-state index is 12.7. The molecule has 1 N–H and O–H groups in total. The second-order valence-electron chi connectivity index (χ2n) is 1.72. The zero-order valence-corrected chi connectivity index (χ0v) is 8.61. The van der Waals surface area contributed by atoms with Gasteiger partial charge in [0.25, 0.3) is 0 Å². The van der Waals surface area contributed by atoms with Gasteiger partial charge >= 0.3 is 0 Å². The van der Waals surface area contributed by atoms with E-state index in [1.54, 1.807) is 12.1 Å². The maximum Gasteiger partial charge on any atom is 0.139 e. The number of benzene rings is 1. The normalized spacial score (nSPS) is 9.50. The summed E-state index contributed by atoms with van der Waals surface area (Å²) in [5.41, 5.74) is 0.765. The fourth-order valence-electron chi connectivity index (χ4n) is 0.555. The molecule has 0 saturated heterocycles. The highest BCUT2D eigenvalue weighted by Gasteiger charge is 1.97. The average Bonchev–Trinajstić information content (AvgIpc) is 1.95. The first kappa shape index (κ1) is 8.26. The molecule has 0 radical (unpaired) electrons. The third kappa shape index (κ3) is 1.82. The molecular weight excluding hydrogens is 312 g/mol. The molecule has 0 aromatic heterocycles. The van der Waals surface area contributed by atoms with Crippen molar-refractivity contribution >= 4 is 44.5 Å². The average molecular weight is 316 g/mol. The molecule has 0 saturated carbocycles. The summed E-state index contributed by atoms with van der Waals surface area (Å²) in [5.74, 6) is -0.248. The minimum atomic E-state index is -0.248. The first-order valence-electron chi connectivity index (χ1n) is 2.55. The Morgan fingerprint density at radius 2 is 2.20 bits per heavy atom. The number of hydrogen-bond acceptors (Lipinski definition) is 1. The van der Waals surface area contributed by atoms with Crippen LogP contribution in [0.25, 0.3) is 0 Å². The van der Waals surface area contributed by atoms with Crippen LogP contribution >= 0.6 is 38.8 Å². The van der Waals surface area contributed by atoms with Crippen molar-refractivity contribution in [2.75, 3.05) is 3.53 Å². The van der Waals surface area contributed by atoms with Crippen molar-refractivity contribution in [1.29, 1.82) is 0 Å². The van der Waals surface area contributed by atoms with Gasteiger partial charge in [0.2, 0.25) is 0 Å². The Balaban J connectivity index is 3.04. The van der Waals surface area contributed by atoms with E-state index < -0.39 is 0 Å². The van der Waals surface area contributed by atoms with E-state index in [1.165, 1.54) is 6.07 Å². The van der Waals surface area contributed by atoms with Gasteiger partial charge in [0, 0.05) is 5.69 Å². The largest absolute Gasteiger partial charge is 0.328 e. The van der Waals surface area contributed by atoms with Crippen molar-refractivity contribution in [3.63, 3.8) is 0 Å². The molecule has 10 heavy (non-hydrogen) atoms. The topological polar surface area (TPSA) is 12.0 Å². The van der Waals surface area contributed by atoms with Gasteiger partial charge in [-0.1, -0.05) is 0 Å². The van der Waals surface area contributed by atoms with Gasteiger partial charge in [0.05, 0.1) is 27.3 Å². The quantitative estimate of drug-likeness (QED) is 0.619. The maximum absolute atomic E-state index is 12.7. The molecule has 0 fully saturated rings. The molecular formula is C6H4BrFIN. The molecule has 0 aliphatic heterocycles. The second kappa shape index (κ2) is 3.52. The van der Waals surface area contributed by atoms with E-state index in [0.717, 1.165) is 5.69 Å². The van der Waals surface area contributed by atoms with Crippen molar-refractivity contribution < 1.29 is 4.39 Å². The van der Waals surface area contributed by atoms with Gasteiger partial charge in [0.1, 0.15) is 5.82 Å². The van der Waals surface area contributed by atoms with Crippen molar-refractivity contribution in [3.8, 4) is 0 Å². The van der Waals surface area contributed by atoms with Crippen LogP contribution in [0.15, 0.2) is 22.7 Å². The smallest absolute Gasteiger partial charge is 0.139 e. The zero-order chi connectivity index (χ0) is 7.56. The van der Waals surface area contributed by atoms with Gasteiger partial charge in [-0.2, -0.15) is 0 Å². The van der Waals surface area contributed by atoms with Crippen LogP contribution in [0.1, 0.15) is 0 Å². The van der Waals surface area contributed by atoms with Crippen LogP contribution in [-0.4, -0.2) is 0 Å². The molecule has 1 aromatic rings. The molecule has 4 heteroatoms. The highest BCUT2D eigenvalue weighted by atomic mass is 127. The van der Waals surface area contributed by atoms with Crippen LogP contribution in [0.4, 0.5) is 10.1 Å². The van der Waals surface area contributed by atoms with Crippen molar-refractivity contribution in [1.82, 2.24) is 0 Å². The first-order chi connectivity index (χ1) is 4.74. The van der Waals surface area contributed by atoms with Crippen molar-refractivity contribution in [3.05, 3.63) is 28.5 Å². The molecule has 0 atom stereocenters. The lowest BCUT2D eigenvalue weighted by Crippen LogP contribution is -1.81. The predicted octanol–water partition coefficient (Wildman–Crippen LogP) is 3.35. The standard InChI is InChI=1S/C6H4BrFIN/c7-5-2-1-4(10-9)3-6(5)8/h1-3,10H. The highest BCUT2D eigenvalue weighted by Crippen LogP contribution is 2.19. The van der Waals surface area contributed by atoms with Gasteiger partial charge in [-0.15, -0.1) is 0 Å². The van der Waals surface area contributed by atoms with Crippen molar-refractivity contribution in [2.24, 2.45) is 0 Å². The lowest BCUT2D eigenvalue weighted by molar-refractivity contribution is 0.622. The van der Waals surface area contributed by atoms with Gasteiger partial charge in [-0.3, -0.25) is 0 Å². The Labute approximate surface area is 80.6 Å². The van der Waals surface area contributed by atoms with Crippen molar-refractivity contribution in [2.45, 2.75) is 0 Å². The molecule has 0 aliphatic carbocycles. The molecule has 0 spiro atoms. The molecule has 1 rings (SSSR count). The Bertz CT molecular complexity index is 241.